The molecule has 1 aromatic heterocycles. The van der Waals surface area contributed by atoms with Gasteiger partial charge in [0.05, 0.1) is 5.69 Å². The first-order chi connectivity index (χ1) is 18.2. The monoisotopic (exact) mass is 536 g/mol. The number of nitrogens with zero attached hydrogens (tertiary/aromatic N) is 2. The molecule has 0 saturated carbocycles. The summed E-state index contributed by atoms with van der Waals surface area (Å²) in [5.41, 5.74) is 4.99. The van der Waals surface area contributed by atoms with Gasteiger partial charge in [-0.3, -0.25) is 14.3 Å². The number of carbonyl (C=O) groups is 2. The molecule has 0 aliphatic rings. The number of likely N-dealkylation sites (N-methyl/N-ethyl adjacent to an activating group) is 1. The van der Waals surface area contributed by atoms with Gasteiger partial charge in [0.2, 0.25) is 17.7 Å². The SMILES string of the molecule is CC[C@H](C)[C@@H](C(=O)NC)N(Cc1ccc(-c2ccccc2SNc2onc(C)c2C)cc1)C(=O)CC(C)C. The molecule has 3 rings (SSSR count). The molecule has 0 aliphatic carbocycles. The number of anilines is 1. The third-order valence-electron chi connectivity index (χ3n) is 6.85. The normalized spacial score (nSPS) is 12.7. The van der Waals surface area contributed by atoms with Crippen LogP contribution in [0.25, 0.3) is 11.1 Å². The molecule has 2 aromatic carbocycles. The van der Waals surface area contributed by atoms with Gasteiger partial charge in [0.15, 0.2) is 0 Å². The highest BCUT2D eigenvalue weighted by molar-refractivity contribution is 8.00. The van der Waals surface area contributed by atoms with Crippen LogP contribution in [0.2, 0.25) is 0 Å². The molecule has 204 valence electrons. The maximum atomic E-state index is 13.3. The van der Waals surface area contributed by atoms with Gasteiger partial charge < -0.3 is 14.7 Å². The summed E-state index contributed by atoms with van der Waals surface area (Å²) in [6.07, 6.45) is 1.21. The molecule has 7 nitrogen and oxygen atoms in total. The summed E-state index contributed by atoms with van der Waals surface area (Å²) in [6.45, 7) is 12.4. The molecule has 1 heterocycles. The van der Waals surface area contributed by atoms with Crippen LogP contribution >= 0.6 is 11.9 Å². The third-order valence-corrected chi connectivity index (χ3v) is 7.72. The molecular formula is C30H40N4O3S. The minimum Gasteiger partial charge on any atom is -0.357 e. The topological polar surface area (TPSA) is 87.5 Å². The fraction of sp³-hybridized carbons (Fsp3) is 0.433. The van der Waals surface area contributed by atoms with Crippen LogP contribution in [-0.2, 0) is 16.1 Å². The lowest BCUT2D eigenvalue weighted by molar-refractivity contribution is -0.143. The molecule has 38 heavy (non-hydrogen) atoms. The first-order valence-corrected chi connectivity index (χ1v) is 14.0. The Bertz CT molecular complexity index is 1220. The zero-order valence-corrected chi connectivity index (χ0v) is 24.3. The third kappa shape index (κ3) is 7.19. The standard InChI is InChI=1S/C30H40N4O3S/c1-8-20(4)28(29(36)31-7)34(27(35)17-19(2)3)18-23-13-15-24(16-14-23)25-11-9-10-12-26(25)38-33-30-21(5)22(6)32-37-30/h9-16,19-20,28,33H,8,17-18H2,1-7H3,(H,31,36)/t20-,28-/m0/s1. The van der Waals surface area contributed by atoms with Gasteiger partial charge in [-0.05, 0) is 60.4 Å². The number of aromatic nitrogens is 1. The summed E-state index contributed by atoms with van der Waals surface area (Å²) in [6, 6.07) is 15.9. The van der Waals surface area contributed by atoms with Crippen molar-refractivity contribution >= 4 is 29.6 Å². The van der Waals surface area contributed by atoms with Crippen LogP contribution in [0.3, 0.4) is 0 Å². The molecule has 2 atom stereocenters. The van der Waals surface area contributed by atoms with Gasteiger partial charge in [-0.15, -0.1) is 0 Å². The van der Waals surface area contributed by atoms with E-state index in [0.717, 1.165) is 39.3 Å². The van der Waals surface area contributed by atoms with Gasteiger partial charge in [-0.2, -0.15) is 0 Å². The predicted molar refractivity (Wildman–Crippen MR) is 155 cm³/mol. The van der Waals surface area contributed by atoms with E-state index in [-0.39, 0.29) is 23.7 Å². The van der Waals surface area contributed by atoms with Crippen LogP contribution in [-0.4, -0.2) is 35.0 Å². The molecule has 0 bridgehead atoms. The Labute approximate surface area is 230 Å². The highest BCUT2D eigenvalue weighted by atomic mass is 32.2. The van der Waals surface area contributed by atoms with Gasteiger partial charge in [-0.1, -0.05) is 81.7 Å². The molecule has 3 aromatic rings. The largest absolute Gasteiger partial charge is 0.357 e. The van der Waals surface area contributed by atoms with E-state index >= 15 is 0 Å². The van der Waals surface area contributed by atoms with Crippen molar-refractivity contribution in [1.82, 2.24) is 15.4 Å². The van der Waals surface area contributed by atoms with Crippen molar-refractivity contribution in [2.45, 2.75) is 71.9 Å². The number of carbonyl (C=O) groups excluding carboxylic acids is 2. The van der Waals surface area contributed by atoms with Crippen LogP contribution in [0.15, 0.2) is 57.9 Å². The van der Waals surface area contributed by atoms with E-state index < -0.39 is 6.04 Å². The van der Waals surface area contributed by atoms with Gasteiger partial charge in [0.1, 0.15) is 6.04 Å². The maximum Gasteiger partial charge on any atom is 0.242 e. The Hall–Kier alpha value is -3.26. The summed E-state index contributed by atoms with van der Waals surface area (Å²) in [4.78, 5) is 29.0. The number of hydrogen-bond donors (Lipinski definition) is 2. The molecule has 2 N–H and O–H groups in total. The predicted octanol–water partition coefficient (Wildman–Crippen LogP) is 6.61. The van der Waals surface area contributed by atoms with E-state index in [1.54, 1.807) is 11.9 Å². The quantitative estimate of drug-likeness (QED) is 0.253. The lowest BCUT2D eigenvalue weighted by atomic mass is 9.94. The minimum absolute atomic E-state index is 0.00347. The highest BCUT2D eigenvalue weighted by Gasteiger charge is 2.33. The van der Waals surface area contributed by atoms with Gasteiger partial charge in [-0.25, -0.2) is 0 Å². The number of rotatable bonds is 12. The Morgan fingerprint density at radius 3 is 2.32 bits per heavy atom. The van der Waals surface area contributed by atoms with E-state index in [1.807, 2.05) is 58.9 Å². The molecule has 0 radical (unpaired) electrons. The minimum atomic E-state index is -0.512. The first kappa shape index (κ1) is 29.3. The second kappa shape index (κ2) is 13.5. The zero-order chi connectivity index (χ0) is 27.8. The van der Waals surface area contributed by atoms with Crippen LogP contribution in [0.5, 0.6) is 0 Å². The highest BCUT2D eigenvalue weighted by Crippen LogP contribution is 2.33. The molecule has 2 amide bonds. The van der Waals surface area contributed by atoms with Gasteiger partial charge in [0, 0.05) is 30.5 Å². The van der Waals surface area contributed by atoms with E-state index in [9.17, 15) is 9.59 Å². The summed E-state index contributed by atoms with van der Waals surface area (Å²) in [5, 5.41) is 6.78. The average Bonchev–Trinajstić information content (AvgIpc) is 3.23. The number of aryl methyl sites for hydroxylation is 1. The Morgan fingerprint density at radius 2 is 1.74 bits per heavy atom. The van der Waals surface area contributed by atoms with Crippen molar-refractivity contribution in [2.24, 2.45) is 11.8 Å². The van der Waals surface area contributed by atoms with Crippen LogP contribution in [0.1, 0.15) is 57.4 Å². The number of nitrogens with one attached hydrogen (secondary N) is 2. The van der Waals surface area contributed by atoms with E-state index in [1.165, 1.54) is 11.9 Å². The molecular weight excluding hydrogens is 496 g/mol. The number of amides is 2. The number of hydrogen-bond acceptors (Lipinski definition) is 6. The molecule has 0 spiro atoms. The maximum absolute atomic E-state index is 13.3. The fourth-order valence-electron chi connectivity index (χ4n) is 4.28. The van der Waals surface area contributed by atoms with E-state index in [0.29, 0.717) is 18.8 Å². The van der Waals surface area contributed by atoms with Crippen molar-refractivity contribution in [3.05, 3.63) is 65.4 Å². The summed E-state index contributed by atoms with van der Waals surface area (Å²) >= 11 is 1.48. The average molecular weight is 537 g/mol. The number of benzene rings is 2. The Balaban J connectivity index is 1.84. The van der Waals surface area contributed by atoms with E-state index in [2.05, 4.69) is 46.4 Å². The van der Waals surface area contributed by atoms with Gasteiger partial charge >= 0.3 is 0 Å². The lowest BCUT2D eigenvalue weighted by Gasteiger charge is -2.35. The first-order valence-electron chi connectivity index (χ1n) is 13.2. The van der Waals surface area contributed by atoms with Crippen LogP contribution < -0.4 is 10.0 Å². The smallest absolute Gasteiger partial charge is 0.242 e. The van der Waals surface area contributed by atoms with Crippen LogP contribution in [0.4, 0.5) is 5.88 Å². The van der Waals surface area contributed by atoms with Crippen molar-refractivity contribution in [2.75, 3.05) is 11.8 Å². The van der Waals surface area contributed by atoms with Crippen molar-refractivity contribution in [3.8, 4) is 11.1 Å². The Kier molecular flexibility index (Phi) is 10.4. The molecule has 0 unspecified atom stereocenters. The van der Waals surface area contributed by atoms with Gasteiger partial charge in [0.25, 0.3) is 0 Å². The zero-order valence-electron chi connectivity index (χ0n) is 23.5. The summed E-state index contributed by atoms with van der Waals surface area (Å²) in [5.74, 6) is 0.781. The Morgan fingerprint density at radius 1 is 1.05 bits per heavy atom. The summed E-state index contributed by atoms with van der Waals surface area (Å²) in [7, 11) is 1.63. The summed E-state index contributed by atoms with van der Waals surface area (Å²) < 4.78 is 8.66. The molecule has 0 saturated heterocycles. The lowest BCUT2D eigenvalue weighted by Crippen LogP contribution is -2.51. The molecule has 0 aliphatic heterocycles. The van der Waals surface area contributed by atoms with Crippen LogP contribution in [0, 0.1) is 25.7 Å². The second-order valence-electron chi connectivity index (χ2n) is 10.2. The molecule has 0 fully saturated rings. The van der Waals surface area contributed by atoms with Crippen molar-refractivity contribution < 1.29 is 14.1 Å². The fourth-order valence-corrected chi connectivity index (χ4v) is 5.11. The second-order valence-corrected chi connectivity index (χ2v) is 11.0. The van der Waals surface area contributed by atoms with Crippen molar-refractivity contribution in [3.63, 3.8) is 0 Å². The molecule has 8 heteroatoms. The van der Waals surface area contributed by atoms with Crippen molar-refractivity contribution in [1.29, 1.82) is 0 Å². The van der Waals surface area contributed by atoms with E-state index in [4.69, 9.17) is 4.52 Å².